The predicted octanol–water partition coefficient (Wildman–Crippen LogP) is 4.50. The van der Waals surface area contributed by atoms with Crippen LogP contribution in [-0.2, 0) is 17.4 Å². The van der Waals surface area contributed by atoms with Crippen LogP contribution in [0.15, 0.2) is 42.5 Å². The van der Waals surface area contributed by atoms with E-state index in [9.17, 15) is 18.0 Å². The number of carbonyl (C=O) groups excluding carboxylic acids is 1. The topological polar surface area (TPSA) is 35.6 Å². The zero-order valence-corrected chi connectivity index (χ0v) is 17.6. The fourth-order valence-corrected chi connectivity index (χ4v) is 4.85. The van der Waals surface area contributed by atoms with Crippen LogP contribution in [0, 0.1) is 5.92 Å². The van der Waals surface area contributed by atoms with Crippen LogP contribution < -0.4 is 15.1 Å². The van der Waals surface area contributed by atoms with Gasteiger partial charge in [0.2, 0.25) is 5.91 Å². The van der Waals surface area contributed by atoms with Gasteiger partial charge >= 0.3 is 6.18 Å². The molecule has 2 aromatic carbocycles. The predicted molar refractivity (Wildman–Crippen MR) is 115 cm³/mol. The molecule has 2 atom stereocenters. The first kappa shape index (κ1) is 20.5. The number of rotatable bonds is 3. The zero-order chi connectivity index (χ0) is 21.8. The van der Waals surface area contributed by atoms with Gasteiger partial charge in [0, 0.05) is 42.1 Å². The number of carbonyl (C=O) groups is 1. The number of fused-ring (bicyclic) bond motifs is 3. The fourth-order valence-electron chi connectivity index (χ4n) is 4.72. The van der Waals surface area contributed by atoms with E-state index >= 15 is 0 Å². The van der Waals surface area contributed by atoms with Crippen molar-refractivity contribution in [2.45, 2.75) is 37.5 Å². The monoisotopic (exact) mass is 449 g/mol. The average molecular weight is 450 g/mol. The number of amides is 1. The van der Waals surface area contributed by atoms with E-state index in [0.29, 0.717) is 30.1 Å². The number of nitrogens with zero attached hydrogens (tertiary/aromatic N) is 2. The van der Waals surface area contributed by atoms with Crippen molar-refractivity contribution in [3.8, 4) is 0 Å². The van der Waals surface area contributed by atoms with E-state index in [1.807, 2.05) is 24.3 Å². The molecular weight excluding hydrogens is 427 g/mol. The molecule has 8 heteroatoms. The van der Waals surface area contributed by atoms with Gasteiger partial charge in [-0.15, -0.1) is 0 Å². The normalized spacial score (nSPS) is 23.2. The van der Waals surface area contributed by atoms with Gasteiger partial charge in [0.25, 0.3) is 0 Å². The second-order valence-electron chi connectivity index (χ2n) is 8.62. The van der Waals surface area contributed by atoms with Gasteiger partial charge in [-0.1, -0.05) is 11.6 Å². The van der Waals surface area contributed by atoms with E-state index in [4.69, 9.17) is 11.6 Å². The van der Waals surface area contributed by atoms with Gasteiger partial charge in [0.1, 0.15) is 0 Å². The van der Waals surface area contributed by atoms with Gasteiger partial charge in [-0.25, -0.2) is 0 Å². The number of hydrogen-bond acceptors (Lipinski definition) is 3. The standard InChI is InChI=1S/C23H23ClF3N3O/c24-16-2-6-18(7-3-16)29-9-10-30-20-8-1-15(23(25,26)27)11-14(20)12-19(21(30)13-29)22(31)28-17-4-5-17/h1-3,6-8,11,17,19,21H,4-5,9-10,12-13H2,(H,28,31). The molecule has 2 heterocycles. The van der Waals surface area contributed by atoms with Crippen molar-refractivity contribution in [3.05, 3.63) is 58.6 Å². The summed E-state index contributed by atoms with van der Waals surface area (Å²) in [6.45, 7) is 1.99. The Labute approximate surface area is 184 Å². The van der Waals surface area contributed by atoms with Crippen molar-refractivity contribution in [3.63, 3.8) is 0 Å². The summed E-state index contributed by atoms with van der Waals surface area (Å²) in [5.41, 5.74) is 1.78. The number of anilines is 2. The molecule has 2 unspecified atom stereocenters. The molecule has 0 bridgehead atoms. The molecule has 2 aromatic rings. The number of piperazine rings is 1. The van der Waals surface area contributed by atoms with E-state index in [1.54, 1.807) is 6.07 Å². The average Bonchev–Trinajstić information content (AvgIpc) is 3.56. The summed E-state index contributed by atoms with van der Waals surface area (Å²) >= 11 is 6.02. The molecule has 164 valence electrons. The highest BCUT2D eigenvalue weighted by Crippen LogP contribution is 2.40. The quantitative estimate of drug-likeness (QED) is 0.749. The highest BCUT2D eigenvalue weighted by molar-refractivity contribution is 6.30. The number of halogens is 4. The largest absolute Gasteiger partial charge is 0.416 e. The van der Waals surface area contributed by atoms with Crippen molar-refractivity contribution in [2.75, 3.05) is 29.4 Å². The summed E-state index contributed by atoms with van der Waals surface area (Å²) in [6.07, 6.45) is -2.14. The SMILES string of the molecule is O=C(NC1CC1)C1Cc2cc(C(F)(F)F)ccc2N2CCN(c3ccc(Cl)cc3)CC12. The Balaban J connectivity index is 1.47. The molecule has 1 N–H and O–H groups in total. The molecule has 0 radical (unpaired) electrons. The van der Waals surface area contributed by atoms with Crippen LogP contribution >= 0.6 is 11.6 Å². The second-order valence-corrected chi connectivity index (χ2v) is 9.05. The van der Waals surface area contributed by atoms with Crippen molar-refractivity contribution >= 4 is 28.9 Å². The van der Waals surface area contributed by atoms with Crippen molar-refractivity contribution in [1.29, 1.82) is 0 Å². The van der Waals surface area contributed by atoms with Gasteiger partial charge in [-0.3, -0.25) is 4.79 Å². The highest BCUT2D eigenvalue weighted by atomic mass is 35.5. The number of nitrogens with one attached hydrogen (secondary N) is 1. The third-order valence-corrected chi connectivity index (χ3v) is 6.74. The van der Waals surface area contributed by atoms with Crippen LogP contribution in [0.3, 0.4) is 0 Å². The summed E-state index contributed by atoms with van der Waals surface area (Å²) in [5.74, 6) is -0.454. The molecule has 1 amide bonds. The Morgan fingerprint density at radius 2 is 1.81 bits per heavy atom. The summed E-state index contributed by atoms with van der Waals surface area (Å²) in [5, 5.41) is 3.73. The van der Waals surface area contributed by atoms with Gasteiger partial charge in [-0.2, -0.15) is 13.2 Å². The van der Waals surface area contributed by atoms with Crippen LogP contribution in [0.25, 0.3) is 0 Å². The van der Waals surface area contributed by atoms with Crippen LogP contribution in [0.1, 0.15) is 24.0 Å². The van der Waals surface area contributed by atoms with E-state index in [2.05, 4.69) is 15.1 Å². The molecule has 5 rings (SSSR count). The molecule has 1 saturated carbocycles. The van der Waals surface area contributed by atoms with Crippen LogP contribution in [0.2, 0.25) is 5.02 Å². The van der Waals surface area contributed by atoms with Crippen molar-refractivity contribution in [2.24, 2.45) is 5.92 Å². The molecule has 1 saturated heterocycles. The van der Waals surface area contributed by atoms with Gasteiger partial charge in [0.05, 0.1) is 17.5 Å². The minimum absolute atomic E-state index is 0.0569. The zero-order valence-electron chi connectivity index (χ0n) is 16.8. The summed E-state index contributed by atoms with van der Waals surface area (Å²) in [4.78, 5) is 17.4. The molecule has 0 spiro atoms. The minimum atomic E-state index is -4.40. The number of hydrogen-bond donors (Lipinski definition) is 1. The third kappa shape index (κ3) is 4.07. The molecule has 2 aliphatic heterocycles. The first-order valence-electron chi connectivity index (χ1n) is 10.6. The third-order valence-electron chi connectivity index (χ3n) is 6.49. The summed E-state index contributed by atoms with van der Waals surface area (Å²) in [7, 11) is 0. The van der Waals surface area contributed by atoms with Crippen LogP contribution in [0.5, 0.6) is 0 Å². The molecule has 1 aliphatic carbocycles. The second kappa shape index (κ2) is 7.62. The summed E-state index contributed by atoms with van der Waals surface area (Å²) < 4.78 is 39.9. The Morgan fingerprint density at radius 1 is 1.06 bits per heavy atom. The first-order valence-corrected chi connectivity index (χ1v) is 10.9. The van der Waals surface area contributed by atoms with Crippen LogP contribution in [0.4, 0.5) is 24.5 Å². The molecule has 2 fully saturated rings. The number of alkyl halides is 3. The minimum Gasteiger partial charge on any atom is -0.368 e. The molecule has 31 heavy (non-hydrogen) atoms. The lowest BCUT2D eigenvalue weighted by atomic mass is 9.82. The lowest BCUT2D eigenvalue weighted by Crippen LogP contribution is -2.61. The Hall–Kier alpha value is -2.41. The maximum Gasteiger partial charge on any atom is 0.416 e. The smallest absolute Gasteiger partial charge is 0.368 e. The first-order chi connectivity index (χ1) is 14.8. The van der Waals surface area contributed by atoms with Crippen molar-refractivity contribution in [1.82, 2.24) is 5.32 Å². The Morgan fingerprint density at radius 3 is 2.48 bits per heavy atom. The Bertz CT molecular complexity index is 991. The lowest BCUT2D eigenvalue weighted by Gasteiger charge is -2.49. The summed E-state index contributed by atoms with van der Waals surface area (Å²) in [6, 6.07) is 11.6. The van der Waals surface area contributed by atoms with E-state index < -0.39 is 17.7 Å². The maximum absolute atomic E-state index is 13.3. The van der Waals surface area contributed by atoms with E-state index in [0.717, 1.165) is 36.8 Å². The molecular formula is C23H23ClF3N3O. The lowest BCUT2D eigenvalue weighted by molar-refractivity contribution is -0.137. The number of benzene rings is 2. The highest BCUT2D eigenvalue weighted by Gasteiger charge is 2.43. The van der Waals surface area contributed by atoms with Gasteiger partial charge < -0.3 is 15.1 Å². The van der Waals surface area contributed by atoms with Crippen LogP contribution in [-0.4, -0.2) is 37.6 Å². The fraction of sp³-hybridized carbons (Fsp3) is 0.435. The molecule has 4 nitrogen and oxygen atoms in total. The maximum atomic E-state index is 13.3. The van der Waals surface area contributed by atoms with E-state index in [-0.39, 0.29) is 18.0 Å². The van der Waals surface area contributed by atoms with Crippen molar-refractivity contribution < 1.29 is 18.0 Å². The molecule has 3 aliphatic rings. The van der Waals surface area contributed by atoms with E-state index in [1.165, 1.54) is 6.07 Å². The van der Waals surface area contributed by atoms with Gasteiger partial charge in [0.15, 0.2) is 0 Å². The molecule has 0 aromatic heterocycles. The Kier molecular flexibility index (Phi) is 5.04. The van der Waals surface area contributed by atoms with Gasteiger partial charge in [-0.05, 0) is 67.3 Å².